The van der Waals surface area contributed by atoms with E-state index in [0.717, 1.165) is 5.56 Å². The Balaban J connectivity index is 2.14. The quantitative estimate of drug-likeness (QED) is 0.602. The van der Waals surface area contributed by atoms with E-state index in [2.05, 4.69) is 0 Å². The minimum Gasteiger partial charge on any atom is -0.375 e. The van der Waals surface area contributed by atoms with Gasteiger partial charge in [-0.2, -0.15) is 0 Å². The summed E-state index contributed by atoms with van der Waals surface area (Å²) in [6.07, 6.45) is -0.0223. The molecule has 2 atom stereocenters. The summed E-state index contributed by atoms with van der Waals surface area (Å²) in [4.78, 5) is 26.0. The van der Waals surface area contributed by atoms with Crippen LogP contribution in [0.15, 0.2) is 24.3 Å². The number of carbonyl (C=O) groups is 2. The normalized spacial score (nSPS) is 23.2. The van der Waals surface area contributed by atoms with Crippen molar-refractivity contribution in [3.05, 3.63) is 35.4 Å². The Morgan fingerprint density at radius 2 is 1.84 bits per heavy atom. The van der Waals surface area contributed by atoms with Crippen molar-refractivity contribution in [2.45, 2.75) is 32.9 Å². The van der Waals surface area contributed by atoms with E-state index in [1.807, 2.05) is 32.9 Å². The lowest BCUT2D eigenvalue weighted by molar-refractivity contribution is -0.138. The molecule has 4 nitrogen and oxygen atoms in total. The molecule has 0 aliphatic carbocycles. The molecule has 1 saturated heterocycles. The van der Waals surface area contributed by atoms with Crippen LogP contribution in [0.3, 0.4) is 0 Å². The maximum Gasteiger partial charge on any atom is 0.295 e. The summed E-state index contributed by atoms with van der Waals surface area (Å²) in [6.45, 7) is 6.70. The van der Waals surface area contributed by atoms with Gasteiger partial charge in [-0.05, 0) is 20.8 Å². The van der Waals surface area contributed by atoms with E-state index in [4.69, 9.17) is 4.74 Å². The van der Waals surface area contributed by atoms with Gasteiger partial charge in [0.15, 0.2) is 0 Å². The lowest BCUT2D eigenvalue weighted by atomic mass is 10.1. The number of hydrogen-bond acceptors (Lipinski definition) is 3. The number of amides is 1. The van der Waals surface area contributed by atoms with Crippen molar-refractivity contribution >= 4 is 11.7 Å². The number of ether oxygens (including phenoxy) is 1. The molecule has 1 aromatic carbocycles. The molecule has 4 heteroatoms. The molecular formula is C15H19NO3. The van der Waals surface area contributed by atoms with Crippen LogP contribution in [0.2, 0.25) is 0 Å². The minimum atomic E-state index is -0.444. The van der Waals surface area contributed by atoms with Crippen LogP contribution in [-0.2, 0) is 9.53 Å². The lowest BCUT2D eigenvalue weighted by Crippen LogP contribution is -2.52. The van der Waals surface area contributed by atoms with Gasteiger partial charge in [0.2, 0.25) is 5.78 Å². The van der Waals surface area contributed by atoms with Crippen LogP contribution in [0.4, 0.5) is 0 Å². The maximum absolute atomic E-state index is 12.3. The Bertz CT molecular complexity index is 481. The van der Waals surface area contributed by atoms with E-state index >= 15 is 0 Å². The number of nitrogens with zero attached hydrogens (tertiary/aromatic N) is 1. The standard InChI is InChI=1S/C15H19NO3/c1-10-4-6-13(7-5-10)14(17)15(18)16-8-12(3)19-9-11(16)2/h4-7,11-12H,8-9H2,1-3H3. The second-order valence-electron chi connectivity index (χ2n) is 5.15. The summed E-state index contributed by atoms with van der Waals surface area (Å²) >= 11 is 0. The van der Waals surface area contributed by atoms with Gasteiger partial charge in [0.25, 0.3) is 5.91 Å². The van der Waals surface area contributed by atoms with Gasteiger partial charge >= 0.3 is 0 Å². The zero-order valence-electron chi connectivity index (χ0n) is 11.6. The van der Waals surface area contributed by atoms with E-state index in [1.165, 1.54) is 0 Å². The SMILES string of the molecule is Cc1ccc(C(=O)C(=O)N2CC(C)OCC2C)cc1. The molecule has 2 rings (SSSR count). The third-order valence-corrected chi connectivity index (χ3v) is 3.38. The number of rotatable bonds is 2. The molecule has 1 aromatic rings. The van der Waals surface area contributed by atoms with Gasteiger partial charge in [0.05, 0.1) is 18.8 Å². The van der Waals surface area contributed by atoms with Crippen molar-refractivity contribution in [3.63, 3.8) is 0 Å². The molecule has 1 fully saturated rings. The van der Waals surface area contributed by atoms with Crippen molar-refractivity contribution in [1.82, 2.24) is 4.90 Å². The topological polar surface area (TPSA) is 46.6 Å². The Kier molecular flexibility index (Phi) is 4.00. The molecule has 19 heavy (non-hydrogen) atoms. The van der Waals surface area contributed by atoms with E-state index in [1.54, 1.807) is 17.0 Å². The molecule has 0 N–H and O–H groups in total. The van der Waals surface area contributed by atoms with Gasteiger partial charge in [0.1, 0.15) is 0 Å². The van der Waals surface area contributed by atoms with Crippen LogP contribution in [0, 0.1) is 6.92 Å². The number of morpholine rings is 1. The zero-order chi connectivity index (χ0) is 14.0. The summed E-state index contributed by atoms with van der Waals surface area (Å²) in [5.41, 5.74) is 1.51. The number of benzene rings is 1. The first-order valence-electron chi connectivity index (χ1n) is 6.52. The highest BCUT2D eigenvalue weighted by Gasteiger charge is 2.31. The van der Waals surface area contributed by atoms with Gasteiger partial charge in [-0.1, -0.05) is 29.8 Å². The highest BCUT2D eigenvalue weighted by Crippen LogP contribution is 2.14. The summed E-state index contributed by atoms with van der Waals surface area (Å²) < 4.78 is 5.47. The van der Waals surface area contributed by atoms with Gasteiger partial charge in [0, 0.05) is 12.1 Å². The molecule has 0 spiro atoms. The number of Topliss-reactive ketones (excluding diaryl/α,β-unsaturated/α-hetero) is 1. The fourth-order valence-corrected chi connectivity index (χ4v) is 2.15. The molecule has 0 bridgehead atoms. The monoisotopic (exact) mass is 261 g/mol. The molecule has 102 valence electrons. The molecule has 0 radical (unpaired) electrons. The van der Waals surface area contributed by atoms with Gasteiger partial charge in [-0.15, -0.1) is 0 Å². The largest absolute Gasteiger partial charge is 0.375 e. The average Bonchev–Trinajstić information content (AvgIpc) is 2.41. The highest BCUT2D eigenvalue weighted by atomic mass is 16.5. The van der Waals surface area contributed by atoms with Gasteiger partial charge < -0.3 is 9.64 Å². The Labute approximate surface area is 113 Å². The molecule has 0 saturated carbocycles. The fourth-order valence-electron chi connectivity index (χ4n) is 2.15. The number of carbonyl (C=O) groups excluding carboxylic acids is 2. The van der Waals surface area contributed by atoms with Crippen LogP contribution in [0.5, 0.6) is 0 Å². The Hall–Kier alpha value is -1.68. The third kappa shape index (κ3) is 3.01. The van der Waals surface area contributed by atoms with Crippen molar-refractivity contribution in [1.29, 1.82) is 0 Å². The third-order valence-electron chi connectivity index (χ3n) is 3.38. The molecule has 0 aromatic heterocycles. The summed E-state index contributed by atoms with van der Waals surface area (Å²) in [5.74, 6) is -0.882. The van der Waals surface area contributed by atoms with Crippen molar-refractivity contribution in [3.8, 4) is 0 Å². The van der Waals surface area contributed by atoms with Crippen molar-refractivity contribution in [2.75, 3.05) is 13.2 Å². The molecule has 2 unspecified atom stereocenters. The summed E-state index contributed by atoms with van der Waals surface area (Å²) in [6, 6.07) is 7.02. The molecule has 1 heterocycles. The van der Waals surface area contributed by atoms with Crippen molar-refractivity contribution < 1.29 is 14.3 Å². The first-order chi connectivity index (χ1) is 8.99. The first kappa shape index (κ1) is 13.7. The molecular weight excluding hydrogens is 242 g/mol. The van der Waals surface area contributed by atoms with Crippen LogP contribution >= 0.6 is 0 Å². The number of aryl methyl sites for hydroxylation is 1. The fraction of sp³-hybridized carbons (Fsp3) is 0.467. The number of hydrogen-bond donors (Lipinski definition) is 0. The second kappa shape index (κ2) is 5.53. The number of ketones is 1. The van der Waals surface area contributed by atoms with Crippen LogP contribution in [0.1, 0.15) is 29.8 Å². The predicted molar refractivity (Wildman–Crippen MR) is 72.1 cm³/mol. The van der Waals surface area contributed by atoms with Crippen LogP contribution in [-0.4, -0.2) is 41.9 Å². The van der Waals surface area contributed by atoms with Gasteiger partial charge in [-0.3, -0.25) is 9.59 Å². The maximum atomic E-state index is 12.3. The van der Waals surface area contributed by atoms with Gasteiger partial charge in [-0.25, -0.2) is 0 Å². The Morgan fingerprint density at radius 3 is 2.47 bits per heavy atom. The first-order valence-corrected chi connectivity index (χ1v) is 6.52. The second-order valence-corrected chi connectivity index (χ2v) is 5.15. The molecule has 1 aliphatic heterocycles. The summed E-state index contributed by atoms with van der Waals surface area (Å²) in [5, 5.41) is 0. The van der Waals surface area contributed by atoms with E-state index in [-0.39, 0.29) is 12.1 Å². The zero-order valence-corrected chi connectivity index (χ0v) is 11.6. The highest BCUT2D eigenvalue weighted by molar-refractivity contribution is 6.42. The predicted octanol–water partition coefficient (Wildman–Crippen LogP) is 1.81. The smallest absolute Gasteiger partial charge is 0.295 e. The average molecular weight is 261 g/mol. The summed E-state index contributed by atoms with van der Waals surface area (Å²) in [7, 11) is 0. The van der Waals surface area contributed by atoms with Crippen LogP contribution < -0.4 is 0 Å². The van der Waals surface area contributed by atoms with E-state index in [9.17, 15) is 9.59 Å². The van der Waals surface area contributed by atoms with E-state index < -0.39 is 11.7 Å². The molecule has 1 amide bonds. The lowest BCUT2D eigenvalue weighted by Gasteiger charge is -2.36. The Morgan fingerprint density at radius 1 is 1.21 bits per heavy atom. The van der Waals surface area contributed by atoms with Crippen LogP contribution in [0.25, 0.3) is 0 Å². The van der Waals surface area contributed by atoms with E-state index in [0.29, 0.717) is 18.7 Å². The molecule has 1 aliphatic rings. The van der Waals surface area contributed by atoms with Crippen molar-refractivity contribution in [2.24, 2.45) is 0 Å². The minimum absolute atomic E-state index is 0.0223.